The number of nitrogens with zero attached hydrogens (tertiary/aromatic N) is 1. The quantitative estimate of drug-likeness (QED) is 0.780. The van der Waals surface area contributed by atoms with E-state index >= 15 is 0 Å². The minimum Gasteiger partial charge on any atom is -0.388 e. The first-order valence-corrected chi connectivity index (χ1v) is 6.73. The van der Waals surface area contributed by atoms with Crippen molar-refractivity contribution in [2.24, 2.45) is 0 Å². The highest BCUT2D eigenvalue weighted by Crippen LogP contribution is 2.16. The Morgan fingerprint density at radius 3 is 2.06 bits per heavy atom. The normalized spacial score (nSPS) is 12.2. The van der Waals surface area contributed by atoms with Crippen LogP contribution < -0.4 is 0 Å². The topological polar surface area (TPSA) is 23.5 Å². The molecule has 0 amide bonds. The SMILES string of the molecule is CCCN(CCC)CCC(O)c1ccccc1.Cl. The Balaban J connectivity index is 0.00000289. The highest BCUT2D eigenvalue weighted by atomic mass is 35.5. The molecule has 0 aromatic heterocycles. The second-order valence-corrected chi connectivity index (χ2v) is 4.56. The summed E-state index contributed by atoms with van der Waals surface area (Å²) in [5.41, 5.74) is 1.03. The van der Waals surface area contributed by atoms with E-state index in [4.69, 9.17) is 0 Å². The Bertz CT molecular complexity index is 286. The molecule has 0 fully saturated rings. The minimum atomic E-state index is -0.326. The van der Waals surface area contributed by atoms with Gasteiger partial charge in [-0.05, 0) is 37.9 Å². The fourth-order valence-corrected chi connectivity index (χ4v) is 2.11. The Kier molecular flexibility index (Phi) is 10.0. The molecule has 1 unspecified atom stereocenters. The number of hydrogen-bond acceptors (Lipinski definition) is 2. The first kappa shape index (κ1) is 17.4. The molecule has 0 aliphatic rings. The highest BCUT2D eigenvalue weighted by Gasteiger charge is 2.09. The Morgan fingerprint density at radius 1 is 1.00 bits per heavy atom. The zero-order valence-corrected chi connectivity index (χ0v) is 12.3. The molecule has 0 heterocycles. The monoisotopic (exact) mass is 271 g/mol. The van der Waals surface area contributed by atoms with Crippen molar-refractivity contribution < 1.29 is 5.11 Å². The molecule has 2 nitrogen and oxygen atoms in total. The van der Waals surface area contributed by atoms with Crippen LogP contribution in [-0.2, 0) is 0 Å². The molecule has 1 aromatic rings. The van der Waals surface area contributed by atoms with Crippen LogP contribution in [0.3, 0.4) is 0 Å². The van der Waals surface area contributed by atoms with Gasteiger partial charge in [0, 0.05) is 6.54 Å². The molecular weight excluding hydrogens is 246 g/mol. The predicted molar refractivity (Wildman–Crippen MR) is 80.3 cm³/mol. The maximum absolute atomic E-state index is 10.1. The van der Waals surface area contributed by atoms with Crippen molar-refractivity contribution in [3.8, 4) is 0 Å². The molecule has 0 spiro atoms. The van der Waals surface area contributed by atoms with Crippen LogP contribution in [0.15, 0.2) is 30.3 Å². The fraction of sp³-hybridized carbons (Fsp3) is 0.600. The van der Waals surface area contributed by atoms with Crippen LogP contribution in [0, 0.1) is 0 Å². The van der Waals surface area contributed by atoms with Gasteiger partial charge in [0.05, 0.1) is 6.10 Å². The van der Waals surface area contributed by atoms with E-state index in [2.05, 4.69) is 18.7 Å². The molecule has 0 aliphatic carbocycles. The first-order valence-electron chi connectivity index (χ1n) is 6.73. The summed E-state index contributed by atoms with van der Waals surface area (Å²) in [5.74, 6) is 0. The summed E-state index contributed by atoms with van der Waals surface area (Å²) in [7, 11) is 0. The summed E-state index contributed by atoms with van der Waals surface area (Å²) < 4.78 is 0. The zero-order chi connectivity index (χ0) is 12.5. The van der Waals surface area contributed by atoms with Gasteiger partial charge in [0.1, 0.15) is 0 Å². The maximum Gasteiger partial charge on any atom is 0.0802 e. The molecule has 0 radical (unpaired) electrons. The van der Waals surface area contributed by atoms with Crippen molar-refractivity contribution in [1.82, 2.24) is 4.90 Å². The molecule has 104 valence electrons. The number of rotatable bonds is 8. The van der Waals surface area contributed by atoms with Gasteiger partial charge in [0.2, 0.25) is 0 Å². The number of halogens is 1. The van der Waals surface area contributed by atoms with Crippen molar-refractivity contribution in [2.75, 3.05) is 19.6 Å². The van der Waals surface area contributed by atoms with Gasteiger partial charge < -0.3 is 10.0 Å². The summed E-state index contributed by atoms with van der Waals surface area (Å²) in [6.45, 7) is 7.66. The first-order chi connectivity index (χ1) is 8.27. The van der Waals surface area contributed by atoms with E-state index in [9.17, 15) is 5.11 Å². The Morgan fingerprint density at radius 2 is 1.56 bits per heavy atom. The van der Waals surface area contributed by atoms with E-state index in [1.54, 1.807) is 0 Å². The molecule has 0 saturated carbocycles. The molecule has 3 heteroatoms. The molecule has 1 N–H and O–H groups in total. The van der Waals surface area contributed by atoms with Crippen molar-refractivity contribution in [3.05, 3.63) is 35.9 Å². The van der Waals surface area contributed by atoms with Crippen LogP contribution in [0.4, 0.5) is 0 Å². The Hall–Kier alpha value is -0.570. The van der Waals surface area contributed by atoms with Crippen LogP contribution in [0.25, 0.3) is 0 Å². The van der Waals surface area contributed by atoms with Crippen molar-refractivity contribution in [1.29, 1.82) is 0 Å². The largest absolute Gasteiger partial charge is 0.388 e. The maximum atomic E-state index is 10.1. The molecule has 0 saturated heterocycles. The van der Waals surface area contributed by atoms with Gasteiger partial charge in [0.15, 0.2) is 0 Å². The summed E-state index contributed by atoms with van der Waals surface area (Å²) in [5, 5.41) is 10.1. The van der Waals surface area contributed by atoms with E-state index in [1.165, 1.54) is 12.8 Å². The van der Waals surface area contributed by atoms with Gasteiger partial charge in [-0.3, -0.25) is 0 Å². The fourth-order valence-electron chi connectivity index (χ4n) is 2.11. The van der Waals surface area contributed by atoms with Crippen molar-refractivity contribution in [3.63, 3.8) is 0 Å². The van der Waals surface area contributed by atoms with Crippen LogP contribution in [0.1, 0.15) is 44.8 Å². The van der Waals surface area contributed by atoms with E-state index in [0.717, 1.165) is 31.6 Å². The van der Waals surface area contributed by atoms with Gasteiger partial charge in [-0.25, -0.2) is 0 Å². The molecule has 18 heavy (non-hydrogen) atoms. The summed E-state index contributed by atoms with van der Waals surface area (Å²) in [6, 6.07) is 9.93. The summed E-state index contributed by atoms with van der Waals surface area (Å²) in [4.78, 5) is 2.44. The third-order valence-corrected chi connectivity index (χ3v) is 2.98. The molecule has 1 aromatic carbocycles. The summed E-state index contributed by atoms with van der Waals surface area (Å²) >= 11 is 0. The molecule has 0 aliphatic heterocycles. The number of benzene rings is 1. The van der Waals surface area contributed by atoms with Gasteiger partial charge >= 0.3 is 0 Å². The Labute approximate surface area is 117 Å². The second-order valence-electron chi connectivity index (χ2n) is 4.56. The van der Waals surface area contributed by atoms with Gasteiger partial charge in [0.25, 0.3) is 0 Å². The van der Waals surface area contributed by atoms with Gasteiger partial charge in [-0.1, -0.05) is 44.2 Å². The van der Waals surface area contributed by atoms with E-state index in [0.29, 0.717) is 0 Å². The molecule has 0 bridgehead atoms. The van der Waals surface area contributed by atoms with Crippen molar-refractivity contribution in [2.45, 2.75) is 39.2 Å². The number of aliphatic hydroxyl groups is 1. The number of aliphatic hydroxyl groups excluding tert-OH is 1. The van der Waals surface area contributed by atoms with E-state index < -0.39 is 0 Å². The molecule has 1 atom stereocenters. The molecular formula is C15H26ClNO. The average Bonchev–Trinajstić information content (AvgIpc) is 2.37. The lowest BCUT2D eigenvalue weighted by Gasteiger charge is -2.22. The van der Waals surface area contributed by atoms with Crippen LogP contribution >= 0.6 is 12.4 Å². The summed E-state index contributed by atoms with van der Waals surface area (Å²) in [6.07, 6.45) is 2.86. The standard InChI is InChI=1S/C15H25NO.ClH/c1-3-11-16(12-4-2)13-10-15(17)14-8-6-5-7-9-14;/h5-9,15,17H,3-4,10-13H2,1-2H3;1H. The molecule has 1 rings (SSSR count). The minimum absolute atomic E-state index is 0. The lowest BCUT2D eigenvalue weighted by Crippen LogP contribution is -2.27. The van der Waals surface area contributed by atoms with E-state index in [1.807, 2.05) is 30.3 Å². The lowest BCUT2D eigenvalue weighted by molar-refractivity contribution is 0.141. The highest BCUT2D eigenvalue weighted by molar-refractivity contribution is 5.85. The van der Waals surface area contributed by atoms with Crippen LogP contribution in [0.2, 0.25) is 0 Å². The van der Waals surface area contributed by atoms with Gasteiger partial charge in [-0.2, -0.15) is 0 Å². The van der Waals surface area contributed by atoms with Crippen LogP contribution in [-0.4, -0.2) is 29.6 Å². The number of hydrogen-bond donors (Lipinski definition) is 1. The third kappa shape index (κ3) is 6.39. The third-order valence-electron chi connectivity index (χ3n) is 2.98. The van der Waals surface area contributed by atoms with E-state index in [-0.39, 0.29) is 18.5 Å². The average molecular weight is 272 g/mol. The smallest absolute Gasteiger partial charge is 0.0802 e. The lowest BCUT2D eigenvalue weighted by atomic mass is 10.1. The predicted octanol–water partition coefficient (Wildman–Crippen LogP) is 3.65. The van der Waals surface area contributed by atoms with Crippen LogP contribution in [0.5, 0.6) is 0 Å². The zero-order valence-electron chi connectivity index (χ0n) is 11.5. The van der Waals surface area contributed by atoms with Gasteiger partial charge in [-0.15, -0.1) is 12.4 Å². The second kappa shape index (κ2) is 10.4. The van der Waals surface area contributed by atoms with Crippen molar-refractivity contribution >= 4 is 12.4 Å².